The first-order chi connectivity index (χ1) is 7.86. The SMILES string of the molecule is CC(C)(C)C(CCCC(=O)O)(C(=O)O)C(C)(C)C. The third-order valence-electron chi connectivity index (χ3n) is 3.87. The summed E-state index contributed by atoms with van der Waals surface area (Å²) in [6.45, 7) is 11.5. The molecule has 0 saturated carbocycles. The van der Waals surface area contributed by atoms with Crippen molar-refractivity contribution in [2.75, 3.05) is 0 Å². The van der Waals surface area contributed by atoms with Crippen LogP contribution in [0.2, 0.25) is 0 Å². The summed E-state index contributed by atoms with van der Waals surface area (Å²) in [5.41, 5.74) is -1.80. The van der Waals surface area contributed by atoms with Gasteiger partial charge in [-0.25, -0.2) is 0 Å². The van der Waals surface area contributed by atoms with E-state index in [-0.39, 0.29) is 6.42 Å². The highest BCUT2D eigenvalue weighted by Crippen LogP contribution is 2.54. The number of hydrogen-bond acceptors (Lipinski definition) is 2. The molecule has 2 N–H and O–H groups in total. The van der Waals surface area contributed by atoms with E-state index in [1.165, 1.54) is 0 Å². The number of carboxylic acids is 2. The Hall–Kier alpha value is -1.06. The number of carboxylic acid groups (broad SMARTS) is 2. The van der Waals surface area contributed by atoms with Gasteiger partial charge in [0.15, 0.2) is 0 Å². The summed E-state index contributed by atoms with van der Waals surface area (Å²) < 4.78 is 0. The van der Waals surface area contributed by atoms with Crippen LogP contribution in [0.5, 0.6) is 0 Å². The minimum atomic E-state index is -0.935. The summed E-state index contributed by atoms with van der Waals surface area (Å²) in [5, 5.41) is 18.4. The summed E-state index contributed by atoms with van der Waals surface area (Å²) in [4.78, 5) is 22.5. The van der Waals surface area contributed by atoms with Crippen molar-refractivity contribution in [1.29, 1.82) is 0 Å². The van der Waals surface area contributed by atoms with Crippen molar-refractivity contribution in [2.45, 2.75) is 60.8 Å². The first kappa shape index (κ1) is 16.9. The standard InChI is InChI=1S/C14H26O4/c1-12(2,3)14(11(17)18,13(4,5)6)9-7-8-10(15)16/h7-9H2,1-6H3,(H,15,16)(H,17,18). The van der Waals surface area contributed by atoms with E-state index in [0.717, 1.165) is 0 Å². The Balaban J connectivity index is 5.39. The highest BCUT2D eigenvalue weighted by molar-refractivity contribution is 5.77. The lowest BCUT2D eigenvalue weighted by molar-refractivity contribution is -0.170. The molecule has 18 heavy (non-hydrogen) atoms. The van der Waals surface area contributed by atoms with Crippen LogP contribution in [0.3, 0.4) is 0 Å². The third-order valence-corrected chi connectivity index (χ3v) is 3.87. The molecule has 0 spiro atoms. The monoisotopic (exact) mass is 258 g/mol. The first-order valence-electron chi connectivity index (χ1n) is 6.31. The van der Waals surface area contributed by atoms with Crippen molar-refractivity contribution in [1.82, 2.24) is 0 Å². The van der Waals surface area contributed by atoms with Gasteiger partial charge < -0.3 is 10.2 Å². The van der Waals surface area contributed by atoms with Crippen LogP contribution in [0.4, 0.5) is 0 Å². The van der Waals surface area contributed by atoms with Gasteiger partial charge >= 0.3 is 11.9 Å². The molecule has 106 valence electrons. The second kappa shape index (κ2) is 5.29. The van der Waals surface area contributed by atoms with Gasteiger partial charge in [0, 0.05) is 6.42 Å². The molecule has 0 saturated heterocycles. The normalized spacial score (nSPS) is 13.4. The molecule has 0 aromatic heterocycles. The topological polar surface area (TPSA) is 74.6 Å². The van der Waals surface area contributed by atoms with Gasteiger partial charge in [-0.2, -0.15) is 0 Å². The highest BCUT2D eigenvalue weighted by Gasteiger charge is 2.55. The zero-order valence-electron chi connectivity index (χ0n) is 12.3. The molecular formula is C14H26O4. The minimum absolute atomic E-state index is 0.0151. The van der Waals surface area contributed by atoms with Gasteiger partial charge in [0.1, 0.15) is 0 Å². The summed E-state index contributed by atoms with van der Waals surface area (Å²) in [7, 11) is 0. The Morgan fingerprint density at radius 2 is 1.28 bits per heavy atom. The van der Waals surface area contributed by atoms with Crippen LogP contribution < -0.4 is 0 Å². The van der Waals surface area contributed by atoms with Gasteiger partial charge in [-0.05, 0) is 23.7 Å². The lowest BCUT2D eigenvalue weighted by Crippen LogP contribution is -2.52. The molecular weight excluding hydrogens is 232 g/mol. The van der Waals surface area contributed by atoms with Crippen LogP contribution in [0.1, 0.15) is 60.8 Å². The minimum Gasteiger partial charge on any atom is -0.481 e. The Kier molecular flexibility index (Phi) is 4.98. The summed E-state index contributed by atoms with van der Waals surface area (Å²) in [5.74, 6) is -1.72. The molecule has 0 aliphatic rings. The quantitative estimate of drug-likeness (QED) is 0.792. The van der Waals surface area contributed by atoms with Crippen molar-refractivity contribution >= 4 is 11.9 Å². The van der Waals surface area contributed by atoms with Crippen molar-refractivity contribution in [3.63, 3.8) is 0 Å². The Morgan fingerprint density at radius 3 is 1.50 bits per heavy atom. The van der Waals surface area contributed by atoms with Crippen molar-refractivity contribution < 1.29 is 19.8 Å². The number of hydrogen-bond donors (Lipinski definition) is 2. The van der Waals surface area contributed by atoms with E-state index >= 15 is 0 Å². The lowest BCUT2D eigenvalue weighted by Gasteiger charge is -2.50. The maximum absolute atomic E-state index is 11.8. The molecule has 0 heterocycles. The maximum atomic E-state index is 11.8. The van der Waals surface area contributed by atoms with Gasteiger partial charge in [0.2, 0.25) is 0 Å². The fourth-order valence-electron chi connectivity index (χ4n) is 3.13. The van der Waals surface area contributed by atoms with E-state index in [0.29, 0.717) is 12.8 Å². The van der Waals surface area contributed by atoms with E-state index < -0.39 is 28.2 Å². The predicted molar refractivity (Wildman–Crippen MR) is 70.5 cm³/mol. The second-order valence-electron chi connectivity index (χ2n) is 6.96. The third kappa shape index (κ3) is 3.24. The van der Waals surface area contributed by atoms with Crippen LogP contribution in [0.25, 0.3) is 0 Å². The van der Waals surface area contributed by atoms with Crippen LogP contribution in [-0.2, 0) is 9.59 Å². The Morgan fingerprint density at radius 1 is 0.889 bits per heavy atom. The van der Waals surface area contributed by atoms with Crippen molar-refractivity contribution in [2.24, 2.45) is 16.2 Å². The molecule has 4 nitrogen and oxygen atoms in total. The molecule has 0 aliphatic carbocycles. The van der Waals surface area contributed by atoms with Gasteiger partial charge in [-0.15, -0.1) is 0 Å². The largest absolute Gasteiger partial charge is 0.481 e. The Labute approximate surface area is 109 Å². The number of rotatable bonds is 5. The molecule has 0 aromatic carbocycles. The summed E-state index contributed by atoms with van der Waals surface area (Å²) >= 11 is 0. The molecule has 0 radical (unpaired) electrons. The van der Waals surface area contributed by atoms with Crippen LogP contribution >= 0.6 is 0 Å². The molecule has 0 aromatic rings. The smallest absolute Gasteiger partial charge is 0.310 e. The molecule has 4 heteroatoms. The van der Waals surface area contributed by atoms with E-state index in [1.54, 1.807) is 0 Å². The molecule has 0 amide bonds. The van der Waals surface area contributed by atoms with Crippen molar-refractivity contribution in [3.05, 3.63) is 0 Å². The molecule has 0 aliphatic heterocycles. The molecule has 0 unspecified atom stereocenters. The molecule has 0 fully saturated rings. The van der Waals surface area contributed by atoms with Crippen molar-refractivity contribution in [3.8, 4) is 0 Å². The van der Waals surface area contributed by atoms with E-state index in [1.807, 2.05) is 41.5 Å². The molecule has 0 rings (SSSR count). The fourth-order valence-corrected chi connectivity index (χ4v) is 3.13. The van der Waals surface area contributed by atoms with Gasteiger partial charge in [-0.1, -0.05) is 41.5 Å². The van der Waals surface area contributed by atoms with Gasteiger partial charge in [0.25, 0.3) is 0 Å². The first-order valence-corrected chi connectivity index (χ1v) is 6.31. The highest BCUT2D eigenvalue weighted by atomic mass is 16.4. The van der Waals surface area contributed by atoms with Gasteiger partial charge in [-0.3, -0.25) is 9.59 Å². The van der Waals surface area contributed by atoms with E-state index in [2.05, 4.69) is 0 Å². The molecule has 0 bridgehead atoms. The van der Waals surface area contributed by atoms with E-state index in [9.17, 15) is 14.7 Å². The second-order valence-corrected chi connectivity index (χ2v) is 6.96. The summed E-state index contributed by atoms with van der Waals surface area (Å²) in [6, 6.07) is 0. The number of aliphatic carboxylic acids is 2. The van der Waals surface area contributed by atoms with E-state index in [4.69, 9.17) is 5.11 Å². The molecule has 0 atom stereocenters. The predicted octanol–water partition coefficient (Wildman–Crippen LogP) is 3.40. The fraction of sp³-hybridized carbons (Fsp3) is 0.857. The number of carbonyl (C=O) groups is 2. The zero-order chi connectivity index (χ0) is 14.8. The average Bonchev–Trinajstić information content (AvgIpc) is 2.06. The van der Waals surface area contributed by atoms with Gasteiger partial charge in [0.05, 0.1) is 5.41 Å². The van der Waals surface area contributed by atoms with Crippen LogP contribution in [0.15, 0.2) is 0 Å². The van der Waals surface area contributed by atoms with Crippen LogP contribution in [0, 0.1) is 16.2 Å². The Bertz CT molecular complexity index is 304. The maximum Gasteiger partial charge on any atom is 0.310 e. The zero-order valence-corrected chi connectivity index (χ0v) is 12.3. The lowest BCUT2D eigenvalue weighted by atomic mass is 9.52. The van der Waals surface area contributed by atoms with Crippen LogP contribution in [-0.4, -0.2) is 22.2 Å². The average molecular weight is 258 g/mol. The summed E-state index contributed by atoms with van der Waals surface area (Å²) in [6.07, 6.45) is 0.777.